The van der Waals surface area contributed by atoms with Crippen LogP contribution in [-0.4, -0.2) is 69.2 Å². The summed E-state index contributed by atoms with van der Waals surface area (Å²) < 4.78 is 24.5. The zero-order valence-electron chi connectivity index (χ0n) is 41.9. The minimum Gasteiger partial charge on any atom is -0.496 e. The molecule has 358 valence electrons. The molecule has 0 radical (unpaired) electrons. The monoisotopic (exact) mass is 949 g/mol. The van der Waals surface area contributed by atoms with E-state index in [9.17, 15) is 0 Å². The number of aromatic nitrogens is 11. The van der Waals surface area contributed by atoms with Crippen molar-refractivity contribution in [2.75, 3.05) is 24.9 Å². The third-order valence-electron chi connectivity index (χ3n) is 12.4. The molecular weight excluding hydrogens is 891 g/mol. The number of methoxy groups -OCH3 is 2. The third kappa shape index (κ3) is 8.40. The molecule has 4 N–H and O–H groups in total. The lowest BCUT2D eigenvalue weighted by atomic mass is 10.0. The number of aryl methyl sites for hydroxylation is 8. The zero-order valence-corrected chi connectivity index (χ0v) is 42.8. The van der Waals surface area contributed by atoms with E-state index in [2.05, 4.69) is 73.5 Å². The first-order valence-electron chi connectivity index (χ1n) is 23.3. The van der Waals surface area contributed by atoms with Crippen LogP contribution in [0.25, 0.3) is 66.1 Å². The molecule has 0 saturated heterocycles. The Kier molecular flexibility index (Phi) is 12.4. The average molecular weight is 950 g/mol. The molecule has 17 nitrogen and oxygen atoms in total. The van der Waals surface area contributed by atoms with Gasteiger partial charge < -0.3 is 39.1 Å². The van der Waals surface area contributed by atoms with E-state index in [0.717, 1.165) is 158 Å². The van der Waals surface area contributed by atoms with Gasteiger partial charge in [0.25, 0.3) is 0 Å². The topological polar surface area (TPSA) is 208 Å². The third-order valence-corrected chi connectivity index (χ3v) is 13.8. The van der Waals surface area contributed by atoms with E-state index < -0.39 is 0 Å². The molecule has 69 heavy (non-hydrogen) atoms. The van der Waals surface area contributed by atoms with Gasteiger partial charge in [-0.3, -0.25) is 0 Å². The van der Waals surface area contributed by atoms with Gasteiger partial charge in [-0.05, 0) is 99.4 Å². The van der Waals surface area contributed by atoms with Crippen LogP contribution in [-0.2, 0) is 0 Å². The van der Waals surface area contributed by atoms with Crippen molar-refractivity contribution in [2.45, 2.75) is 115 Å². The molecule has 0 unspecified atom stereocenters. The number of rotatable bonds is 10. The normalized spacial score (nSPS) is 12.5. The number of thiazole rings is 1. The van der Waals surface area contributed by atoms with Crippen LogP contribution in [0.1, 0.15) is 109 Å². The molecule has 2 aromatic carbocycles. The largest absolute Gasteiger partial charge is 0.496 e. The predicted molar refractivity (Wildman–Crippen MR) is 274 cm³/mol. The highest BCUT2D eigenvalue weighted by molar-refractivity contribution is 7.16. The van der Waals surface area contributed by atoms with Gasteiger partial charge in [-0.1, -0.05) is 38.0 Å². The number of benzene rings is 2. The summed E-state index contributed by atoms with van der Waals surface area (Å²) in [6.07, 6.45) is 2.31. The molecular formula is C51H59N13O4S. The summed E-state index contributed by atoms with van der Waals surface area (Å²) in [6, 6.07) is 8.66. The van der Waals surface area contributed by atoms with Crippen molar-refractivity contribution < 1.29 is 18.5 Å². The van der Waals surface area contributed by atoms with E-state index in [1.54, 1.807) is 25.6 Å². The average Bonchev–Trinajstić information content (AvgIpc) is 3.55. The van der Waals surface area contributed by atoms with Gasteiger partial charge in [0.15, 0.2) is 0 Å². The van der Waals surface area contributed by atoms with Crippen LogP contribution < -0.4 is 20.1 Å². The van der Waals surface area contributed by atoms with Gasteiger partial charge in [-0.2, -0.15) is 5.10 Å². The fourth-order valence-corrected chi connectivity index (χ4v) is 9.85. The molecule has 11 rings (SSSR count). The fourth-order valence-electron chi connectivity index (χ4n) is 8.88. The fraction of sp³-hybridized carbons (Fsp3) is 0.373. The van der Waals surface area contributed by atoms with E-state index in [0.29, 0.717) is 23.6 Å². The molecule has 8 aromatic heterocycles. The molecule has 1 fully saturated rings. The highest BCUT2D eigenvalue weighted by atomic mass is 32.1. The summed E-state index contributed by atoms with van der Waals surface area (Å²) in [7, 11) is 3.35. The van der Waals surface area contributed by atoms with Crippen LogP contribution in [0.4, 0.5) is 22.5 Å². The first-order chi connectivity index (χ1) is 33.1. The van der Waals surface area contributed by atoms with Crippen LogP contribution in [0.3, 0.4) is 0 Å². The van der Waals surface area contributed by atoms with Crippen molar-refractivity contribution in [3.05, 3.63) is 80.8 Å². The van der Waals surface area contributed by atoms with Crippen LogP contribution in [0.2, 0.25) is 0 Å². The maximum atomic E-state index is 5.81. The highest BCUT2D eigenvalue weighted by Crippen LogP contribution is 2.45. The number of anilines is 4. The Hall–Kier alpha value is -7.34. The molecule has 0 aliphatic heterocycles. The molecule has 1 aliphatic carbocycles. The van der Waals surface area contributed by atoms with Gasteiger partial charge >= 0.3 is 0 Å². The Labute approximate surface area is 403 Å². The van der Waals surface area contributed by atoms with Crippen LogP contribution in [0, 0.1) is 62.3 Å². The van der Waals surface area contributed by atoms with E-state index >= 15 is 0 Å². The number of nitrogens with zero attached hydrogens (tertiary/aromatic N) is 9. The van der Waals surface area contributed by atoms with Crippen molar-refractivity contribution in [3.8, 4) is 33.8 Å². The minimum atomic E-state index is 0.372. The smallest absolute Gasteiger partial charge is 0.145 e. The molecule has 1 aliphatic rings. The molecule has 8 heterocycles. The van der Waals surface area contributed by atoms with Gasteiger partial charge in [0.2, 0.25) is 0 Å². The number of fused-ring (bicyclic) bond motifs is 6. The SMILES string of the molecule is CC.COc1cc2c(cc1-c1c(C)noc1C)[nH]c1nc(C)nc(Nc3c(C)c(C)nn3C3CC3)c12.COc1cc2c(cc1-c1c(C)noc1C)[nH]c1nc(C)nc(Nc3sc(C(C)C)nc3C)c12. The maximum absolute atomic E-state index is 5.81. The molecule has 18 heteroatoms. The summed E-state index contributed by atoms with van der Waals surface area (Å²) in [5.41, 5.74) is 11.9. The van der Waals surface area contributed by atoms with Gasteiger partial charge in [-0.15, -0.1) is 11.3 Å². The van der Waals surface area contributed by atoms with Crippen LogP contribution in [0.5, 0.6) is 11.5 Å². The molecule has 0 amide bonds. The molecule has 0 bridgehead atoms. The Balaban J connectivity index is 0.000000166. The standard InChI is InChI=1S/C25H27N7O2.C24H26N6O2S.C2H6/c1-11-12(2)30-32(16-7-8-16)25(11)29-24-22-17-10-20(33-6)18(21-13(3)31-34-14(21)4)9-19(17)28-23(22)26-15(5)27-24;1-10(2)23-25-12(4)24(33-23)29-22-20-15-9-18(31-7)16(19-11(3)30-32-13(19)5)8-17(15)28-21(20)26-14(6)27-22;1-2/h9-10,16H,7-8H2,1-6H3,(H2,26,27,28,29);8-10H,1-7H3,(H2,26,27,28,29);1-2H3. The molecule has 0 atom stereocenters. The summed E-state index contributed by atoms with van der Waals surface area (Å²) in [4.78, 5) is 30.6. The van der Waals surface area contributed by atoms with Gasteiger partial charge in [0.05, 0.1) is 69.9 Å². The van der Waals surface area contributed by atoms with Crippen molar-refractivity contribution in [3.63, 3.8) is 0 Å². The quantitative estimate of drug-likeness (QED) is 0.101. The van der Waals surface area contributed by atoms with Crippen molar-refractivity contribution in [2.24, 2.45) is 0 Å². The lowest BCUT2D eigenvalue weighted by Crippen LogP contribution is -2.06. The van der Waals surface area contributed by atoms with Gasteiger partial charge in [0, 0.05) is 44.4 Å². The van der Waals surface area contributed by atoms with Crippen LogP contribution in [0.15, 0.2) is 33.3 Å². The predicted octanol–water partition coefficient (Wildman–Crippen LogP) is 12.9. The van der Waals surface area contributed by atoms with Crippen LogP contribution >= 0.6 is 11.3 Å². The Morgan fingerprint density at radius 1 is 0.652 bits per heavy atom. The number of nitrogens with one attached hydrogen (secondary N) is 4. The Morgan fingerprint density at radius 3 is 1.57 bits per heavy atom. The highest BCUT2D eigenvalue weighted by Gasteiger charge is 2.30. The van der Waals surface area contributed by atoms with Gasteiger partial charge in [0.1, 0.15) is 68.4 Å². The van der Waals surface area contributed by atoms with Gasteiger partial charge in [-0.25, -0.2) is 29.6 Å². The van der Waals surface area contributed by atoms with Crippen molar-refractivity contribution in [1.82, 2.24) is 55.0 Å². The summed E-state index contributed by atoms with van der Waals surface area (Å²) in [5, 5.41) is 26.0. The lowest BCUT2D eigenvalue weighted by molar-refractivity contribution is 0.393. The number of ether oxygens (including phenoxy) is 2. The zero-order chi connectivity index (χ0) is 49.2. The summed E-state index contributed by atoms with van der Waals surface area (Å²) in [6.45, 7) is 26.0. The first-order valence-corrected chi connectivity index (χ1v) is 24.1. The lowest BCUT2D eigenvalue weighted by Gasteiger charge is -2.12. The number of H-pyrrole nitrogens is 2. The Bertz CT molecular complexity index is 3530. The second kappa shape index (κ2) is 18.3. The van der Waals surface area contributed by atoms with E-state index in [-0.39, 0.29) is 0 Å². The van der Waals surface area contributed by atoms with Crippen molar-refractivity contribution in [1.29, 1.82) is 0 Å². The number of aromatic amines is 2. The number of hydrogen-bond acceptors (Lipinski definition) is 15. The maximum Gasteiger partial charge on any atom is 0.145 e. The summed E-state index contributed by atoms with van der Waals surface area (Å²) in [5.74, 6) is 7.22. The summed E-state index contributed by atoms with van der Waals surface area (Å²) >= 11 is 1.66. The minimum absolute atomic E-state index is 0.372. The molecule has 10 aromatic rings. The van der Waals surface area contributed by atoms with E-state index in [1.807, 2.05) is 81.4 Å². The van der Waals surface area contributed by atoms with E-state index in [1.165, 1.54) is 0 Å². The second-order valence-corrected chi connectivity index (χ2v) is 18.7. The van der Waals surface area contributed by atoms with Crippen molar-refractivity contribution >= 4 is 77.7 Å². The van der Waals surface area contributed by atoms with E-state index in [4.69, 9.17) is 43.6 Å². The Morgan fingerprint density at radius 2 is 1.14 bits per heavy atom. The molecule has 0 spiro atoms. The first kappa shape index (κ1) is 46.8. The number of hydrogen-bond donors (Lipinski definition) is 4. The second-order valence-electron chi connectivity index (χ2n) is 17.6. The molecule has 1 saturated carbocycles.